The Morgan fingerprint density at radius 2 is 1.41 bits per heavy atom. The minimum Gasteiger partial charge on any atom is -0.459 e. The summed E-state index contributed by atoms with van der Waals surface area (Å²) in [7, 11) is 0. The van der Waals surface area contributed by atoms with Crippen LogP contribution in [0.1, 0.15) is 103 Å². The maximum atomic E-state index is 13.0. The van der Waals surface area contributed by atoms with Gasteiger partial charge in [-0.05, 0) is 81.6 Å². The van der Waals surface area contributed by atoms with Crippen molar-refractivity contribution in [1.29, 1.82) is 0 Å². The Kier molecular flexibility index (Phi) is 11.9. The van der Waals surface area contributed by atoms with Crippen molar-refractivity contribution in [1.82, 2.24) is 25.9 Å². The smallest absolute Gasteiger partial charge is 0.407 e. The van der Waals surface area contributed by atoms with Gasteiger partial charge >= 0.3 is 18.0 Å². The SMILES string of the molecule is CC(C)(C)OC(=O)CNC(=O)c1[nH]cnc1C(=O)N[C@@H](CCCCNC(=O)OC(C)(C)C)C(=O)OC(C)(C)C. The van der Waals surface area contributed by atoms with Crippen molar-refractivity contribution in [2.45, 2.75) is 104 Å². The van der Waals surface area contributed by atoms with E-state index in [0.717, 1.165) is 6.33 Å². The number of nitrogens with zero attached hydrogens (tertiary/aromatic N) is 1. The summed E-state index contributed by atoms with van der Waals surface area (Å²) >= 11 is 0. The normalized spacial score (nSPS) is 12.6. The van der Waals surface area contributed by atoms with Crippen LogP contribution in [0.3, 0.4) is 0 Å². The standard InChI is InChI=1S/C26H43N5O8/c1-24(2,3)37-17(32)14-28-20(33)18-19(30-15-29-18)21(34)31-16(22(35)38-25(4,5)6)12-10-11-13-27-23(36)39-26(7,8)9/h15-16H,10-14H2,1-9H3,(H,27,36)(H,28,33)(H,29,30)(H,31,34)/t16-/m0/s1. The predicted molar refractivity (Wildman–Crippen MR) is 142 cm³/mol. The predicted octanol–water partition coefficient (Wildman–Crippen LogP) is 2.62. The fourth-order valence-electron chi connectivity index (χ4n) is 3.08. The van der Waals surface area contributed by atoms with Crippen molar-refractivity contribution in [3.8, 4) is 0 Å². The quantitative estimate of drug-likeness (QED) is 0.182. The third-order valence-electron chi connectivity index (χ3n) is 4.48. The molecule has 4 N–H and O–H groups in total. The number of alkyl carbamates (subject to hydrolysis) is 1. The van der Waals surface area contributed by atoms with Crippen LogP contribution in [-0.4, -0.2) is 75.7 Å². The number of amides is 3. The van der Waals surface area contributed by atoms with Crippen LogP contribution in [0.25, 0.3) is 0 Å². The lowest BCUT2D eigenvalue weighted by atomic mass is 10.1. The minimum atomic E-state index is -1.03. The molecule has 0 saturated heterocycles. The Bertz CT molecular complexity index is 1010. The van der Waals surface area contributed by atoms with Crippen LogP contribution in [-0.2, 0) is 23.8 Å². The summed E-state index contributed by atoms with van der Waals surface area (Å²) < 4.78 is 15.8. The minimum absolute atomic E-state index is 0.180. The zero-order chi connectivity index (χ0) is 30.0. The first-order chi connectivity index (χ1) is 17.8. The van der Waals surface area contributed by atoms with E-state index in [1.165, 1.54) is 0 Å². The number of aromatic nitrogens is 2. The monoisotopic (exact) mass is 553 g/mol. The van der Waals surface area contributed by atoms with Gasteiger partial charge in [0.25, 0.3) is 11.8 Å². The van der Waals surface area contributed by atoms with Crippen molar-refractivity contribution in [2.75, 3.05) is 13.1 Å². The molecular formula is C26H43N5O8. The first kappa shape index (κ1) is 33.4. The van der Waals surface area contributed by atoms with Crippen LogP contribution in [0.5, 0.6) is 0 Å². The highest BCUT2D eigenvalue weighted by molar-refractivity contribution is 6.06. The highest BCUT2D eigenvalue weighted by atomic mass is 16.6. The number of nitrogens with one attached hydrogen (secondary N) is 4. The molecular weight excluding hydrogens is 510 g/mol. The number of hydrogen-bond donors (Lipinski definition) is 4. The van der Waals surface area contributed by atoms with Gasteiger partial charge in [-0.15, -0.1) is 0 Å². The molecule has 1 heterocycles. The molecule has 1 rings (SSSR count). The zero-order valence-electron chi connectivity index (χ0n) is 24.4. The van der Waals surface area contributed by atoms with E-state index in [1.807, 2.05) is 0 Å². The van der Waals surface area contributed by atoms with Crippen molar-refractivity contribution >= 4 is 29.8 Å². The van der Waals surface area contributed by atoms with Crippen LogP contribution in [0.4, 0.5) is 4.79 Å². The van der Waals surface area contributed by atoms with Crippen molar-refractivity contribution < 1.29 is 38.2 Å². The first-order valence-corrected chi connectivity index (χ1v) is 12.8. The van der Waals surface area contributed by atoms with E-state index in [9.17, 15) is 24.0 Å². The second kappa shape index (κ2) is 13.9. The molecule has 39 heavy (non-hydrogen) atoms. The molecule has 0 radical (unpaired) electrons. The van der Waals surface area contributed by atoms with E-state index in [4.69, 9.17) is 14.2 Å². The Labute approximate surface area is 229 Å². The maximum Gasteiger partial charge on any atom is 0.407 e. The molecule has 0 aliphatic heterocycles. The largest absolute Gasteiger partial charge is 0.459 e. The van der Waals surface area contributed by atoms with E-state index in [0.29, 0.717) is 19.4 Å². The molecule has 0 bridgehead atoms. The molecule has 0 fully saturated rings. The number of esters is 2. The molecule has 0 spiro atoms. The van der Waals surface area contributed by atoms with Gasteiger partial charge in [0.15, 0.2) is 5.69 Å². The van der Waals surface area contributed by atoms with Crippen LogP contribution < -0.4 is 16.0 Å². The molecule has 220 valence electrons. The molecule has 0 aliphatic carbocycles. The number of imidazole rings is 1. The molecule has 3 amide bonds. The number of ether oxygens (including phenoxy) is 3. The second-order valence-corrected chi connectivity index (χ2v) is 11.9. The Hall–Kier alpha value is -3.64. The lowest BCUT2D eigenvalue weighted by Gasteiger charge is -2.24. The summed E-state index contributed by atoms with van der Waals surface area (Å²) in [5.41, 5.74) is -2.56. The van der Waals surface area contributed by atoms with E-state index in [2.05, 4.69) is 25.9 Å². The molecule has 0 aliphatic rings. The van der Waals surface area contributed by atoms with Crippen molar-refractivity contribution in [2.24, 2.45) is 0 Å². The molecule has 13 nitrogen and oxygen atoms in total. The van der Waals surface area contributed by atoms with Gasteiger partial charge in [0.2, 0.25) is 0 Å². The number of rotatable bonds is 11. The molecule has 0 saturated carbocycles. The molecule has 0 unspecified atom stereocenters. The summed E-state index contributed by atoms with van der Waals surface area (Å²) in [4.78, 5) is 68.6. The zero-order valence-corrected chi connectivity index (χ0v) is 24.4. The topological polar surface area (TPSA) is 178 Å². The van der Waals surface area contributed by atoms with Gasteiger partial charge in [-0.3, -0.25) is 14.4 Å². The molecule has 1 atom stereocenters. The molecule has 0 aromatic carbocycles. The Morgan fingerprint density at radius 1 is 0.821 bits per heavy atom. The average Bonchev–Trinajstić information content (AvgIpc) is 3.23. The molecule has 1 aromatic rings. The molecule has 13 heteroatoms. The van der Waals surface area contributed by atoms with Gasteiger partial charge in [-0.25, -0.2) is 14.6 Å². The average molecular weight is 554 g/mol. The van der Waals surface area contributed by atoms with Gasteiger partial charge in [0.05, 0.1) is 6.33 Å². The van der Waals surface area contributed by atoms with Gasteiger partial charge in [0.1, 0.15) is 35.1 Å². The fraction of sp³-hybridized carbons (Fsp3) is 0.692. The molecule has 1 aromatic heterocycles. The first-order valence-electron chi connectivity index (χ1n) is 12.8. The van der Waals surface area contributed by atoms with E-state index in [1.54, 1.807) is 62.3 Å². The summed E-state index contributed by atoms with van der Waals surface area (Å²) in [5, 5.41) is 7.60. The van der Waals surface area contributed by atoms with E-state index >= 15 is 0 Å². The maximum absolute atomic E-state index is 13.0. The van der Waals surface area contributed by atoms with Crippen LogP contribution >= 0.6 is 0 Å². The van der Waals surface area contributed by atoms with Gasteiger partial charge < -0.3 is 35.1 Å². The summed E-state index contributed by atoms with van der Waals surface area (Å²) in [5.74, 6) is -2.82. The second-order valence-electron chi connectivity index (χ2n) is 11.9. The summed E-state index contributed by atoms with van der Waals surface area (Å²) in [6.45, 7) is 15.4. The highest BCUT2D eigenvalue weighted by Crippen LogP contribution is 2.13. The number of unbranched alkanes of at least 4 members (excludes halogenated alkanes) is 1. The third kappa shape index (κ3) is 14.2. The van der Waals surface area contributed by atoms with Crippen LogP contribution in [0, 0.1) is 0 Å². The lowest BCUT2D eigenvalue weighted by Crippen LogP contribution is -2.45. The van der Waals surface area contributed by atoms with Crippen molar-refractivity contribution in [3.63, 3.8) is 0 Å². The van der Waals surface area contributed by atoms with Gasteiger partial charge in [-0.1, -0.05) is 0 Å². The van der Waals surface area contributed by atoms with Gasteiger partial charge in [-0.2, -0.15) is 0 Å². The van der Waals surface area contributed by atoms with Crippen LogP contribution in [0.2, 0.25) is 0 Å². The highest BCUT2D eigenvalue weighted by Gasteiger charge is 2.29. The number of carbonyl (C=O) groups excluding carboxylic acids is 5. The summed E-state index contributed by atoms with van der Waals surface area (Å²) in [6.07, 6.45) is 1.79. The van der Waals surface area contributed by atoms with Crippen LogP contribution in [0.15, 0.2) is 6.33 Å². The third-order valence-corrected chi connectivity index (χ3v) is 4.48. The number of H-pyrrole nitrogens is 1. The van der Waals surface area contributed by atoms with Gasteiger partial charge in [0, 0.05) is 6.54 Å². The number of hydrogen-bond acceptors (Lipinski definition) is 9. The van der Waals surface area contributed by atoms with E-state index in [-0.39, 0.29) is 17.8 Å². The lowest BCUT2D eigenvalue weighted by molar-refractivity contribution is -0.157. The number of aromatic amines is 1. The Balaban J connectivity index is 2.81. The fourth-order valence-corrected chi connectivity index (χ4v) is 3.08. The van der Waals surface area contributed by atoms with Crippen molar-refractivity contribution in [3.05, 3.63) is 17.7 Å². The van der Waals surface area contributed by atoms with E-state index < -0.39 is 59.2 Å². The number of carbonyl (C=O) groups is 5. The summed E-state index contributed by atoms with van der Waals surface area (Å²) in [6, 6.07) is -1.03. The Morgan fingerprint density at radius 3 is 1.97 bits per heavy atom.